The Balaban J connectivity index is 1.96. The summed E-state index contributed by atoms with van der Waals surface area (Å²) in [4.78, 5) is 18.5. The molecule has 0 unspecified atom stereocenters. The van der Waals surface area contributed by atoms with Gasteiger partial charge >= 0.3 is 0 Å². The predicted molar refractivity (Wildman–Crippen MR) is 95.8 cm³/mol. The van der Waals surface area contributed by atoms with Gasteiger partial charge in [-0.25, -0.2) is 18.1 Å². The first kappa shape index (κ1) is 18.9. The van der Waals surface area contributed by atoms with E-state index < -0.39 is 10.0 Å². The summed E-state index contributed by atoms with van der Waals surface area (Å²) in [6.07, 6.45) is 5.54. The number of aryl methyl sites for hydroxylation is 1. The summed E-state index contributed by atoms with van der Waals surface area (Å²) in [5, 5.41) is 0. The Kier molecular flexibility index (Phi) is 6.40. The molecule has 7 nitrogen and oxygen atoms in total. The Morgan fingerprint density at radius 3 is 2.58 bits per heavy atom. The molecule has 2 heterocycles. The van der Waals surface area contributed by atoms with Gasteiger partial charge in [0.2, 0.25) is 10.0 Å². The molecule has 1 aromatic rings. The van der Waals surface area contributed by atoms with Gasteiger partial charge in [0, 0.05) is 38.1 Å². The van der Waals surface area contributed by atoms with Gasteiger partial charge in [0.25, 0.3) is 5.56 Å². The largest absolute Gasteiger partial charge is 0.352 e. The zero-order valence-electron chi connectivity index (χ0n) is 14.7. The summed E-state index contributed by atoms with van der Waals surface area (Å²) in [5.41, 5.74) is -0.0872. The van der Waals surface area contributed by atoms with Crippen molar-refractivity contribution >= 4 is 15.8 Å². The van der Waals surface area contributed by atoms with E-state index >= 15 is 0 Å². The van der Waals surface area contributed by atoms with Crippen molar-refractivity contribution in [1.82, 2.24) is 14.3 Å². The lowest BCUT2D eigenvalue weighted by Gasteiger charge is -2.32. The third-order valence-electron chi connectivity index (χ3n) is 4.58. The summed E-state index contributed by atoms with van der Waals surface area (Å²) >= 11 is 0. The van der Waals surface area contributed by atoms with E-state index in [9.17, 15) is 13.2 Å². The van der Waals surface area contributed by atoms with Crippen molar-refractivity contribution in [2.45, 2.75) is 52.6 Å². The van der Waals surface area contributed by atoms with Crippen molar-refractivity contribution in [1.29, 1.82) is 0 Å². The minimum atomic E-state index is -3.24. The van der Waals surface area contributed by atoms with Crippen molar-refractivity contribution in [3.63, 3.8) is 0 Å². The SMILES string of the molecule is CC[C@H](C)CS(=O)(=O)NC1CCN(c2nccn(CC)c2=O)CC1. The number of hydrogen-bond acceptors (Lipinski definition) is 5. The van der Waals surface area contributed by atoms with Crippen LogP contribution >= 0.6 is 0 Å². The van der Waals surface area contributed by atoms with Gasteiger partial charge in [0.1, 0.15) is 0 Å². The monoisotopic (exact) mass is 356 g/mol. The molecular weight excluding hydrogens is 328 g/mol. The highest BCUT2D eigenvalue weighted by Crippen LogP contribution is 2.16. The first-order valence-electron chi connectivity index (χ1n) is 8.66. The molecule has 0 aliphatic carbocycles. The summed E-state index contributed by atoms with van der Waals surface area (Å²) in [6, 6.07) is -0.0626. The fourth-order valence-electron chi connectivity index (χ4n) is 2.91. The van der Waals surface area contributed by atoms with E-state index in [1.165, 1.54) is 0 Å². The lowest BCUT2D eigenvalue weighted by molar-refractivity contribution is 0.453. The fourth-order valence-corrected chi connectivity index (χ4v) is 4.73. The van der Waals surface area contributed by atoms with Crippen molar-refractivity contribution in [2.75, 3.05) is 23.7 Å². The van der Waals surface area contributed by atoms with E-state index in [4.69, 9.17) is 0 Å². The van der Waals surface area contributed by atoms with Crippen molar-refractivity contribution < 1.29 is 8.42 Å². The Bertz CT molecular complexity index is 694. The van der Waals surface area contributed by atoms with E-state index in [1.807, 2.05) is 25.7 Å². The zero-order valence-corrected chi connectivity index (χ0v) is 15.6. The molecule has 0 spiro atoms. The molecule has 0 bridgehead atoms. The Labute approximate surface area is 144 Å². The normalized spacial score (nSPS) is 17.9. The lowest BCUT2D eigenvalue weighted by atomic mass is 10.1. The molecule has 1 fully saturated rings. The molecule has 1 aliphatic rings. The number of nitrogens with zero attached hydrogens (tertiary/aromatic N) is 3. The first-order valence-corrected chi connectivity index (χ1v) is 10.3. The van der Waals surface area contributed by atoms with Gasteiger partial charge < -0.3 is 9.47 Å². The maximum absolute atomic E-state index is 12.3. The molecule has 1 aliphatic heterocycles. The summed E-state index contributed by atoms with van der Waals surface area (Å²) in [5.74, 6) is 0.786. The summed E-state index contributed by atoms with van der Waals surface area (Å²) in [7, 11) is -3.24. The average molecular weight is 356 g/mol. The van der Waals surface area contributed by atoms with Gasteiger partial charge in [-0.05, 0) is 25.7 Å². The van der Waals surface area contributed by atoms with Crippen LogP contribution in [0.5, 0.6) is 0 Å². The van der Waals surface area contributed by atoms with Crippen molar-refractivity contribution in [3.8, 4) is 0 Å². The van der Waals surface area contributed by atoms with Gasteiger partial charge in [-0.1, -0.05) is 20.3 Å². The molecule has 1 saturated heterocycles. The van der Waals surface area contributed by atoms with Crippen LogP contribution in [0.4, 0.5) is 5.82 Å². The van der Waals surface area contributed by atoms with E-state index in [0.717, 1.165) is 6.42 Å². The zero-order chi connectivity index (χ0) is 17.7. The van der Waals surface area contributed by atoms with Crippen molar-refractivity contribution in [2.24, 2.45) is 5.92 Å². The van der Waals surface area contributed by atoms with Gasteiger partial charge in [0.05, 0.1) is 5.75 Å². The number of aromatic nitrogens is 2. The molecule has 0 radical (unpaired) electrons. The van der Waals surface area contributed by atoms with E-state index in [2.05, 4.69) is 9.71 Å². The van der Waals surface area contributed by atoms with Crippen LogP contribution in [0.25, 0.3) is 0 Å². The van der Waals surface area contributed by atoms with E-state index in [1.54, 1.807) is 17.0 Å². The molecule has 0 saturated carbocycles. The van der Waals surface area contributed by atoms with E-state index in [-0.39, 0.29) is 23.3 Å². The Morgan fingerprint density at radius 2 is 2.00 bits per heavy atom. The molecule has 0 aromatic carbocycles. The third-order valence-corrected chi connectivity index (χ3v) is 6.28. The maximum atomic E-state index is 12.3. The minimum Gasteiger partial charge on any atom is -0.352 e. The predicted octanol–water partition coefficient (Wildman–Crippen LogP) is 1.20. The van der Waals surface area contributed by atoms with Crippen LogP contribution in [-0.2, 0) is 16.6 Å². The number of piperidine rings is 1. The van der Waals surface area contributed by atoms with E-state index in [0.29, 0.717) is 38.3 Å². The van der Waals surface area contributed by atoms with Crippen LogP contribution in [0.2, 0.25) is 0 Å². The molecular formula is C16H28N4O3S. The molecule has 2 rings (SSSR count). The first-order chi connectivity index (χ1) is 11.4. The molecule has 0 amide bonds. The lowest BCUT2D eigenvalue weighted by Crippen LogP contribution is -2.47. The van der Waals surface area contributed by atoms with Gasteiger partial charge in [-0.3, -0.25) is 4.79 Å². The van der Waals surface area contributed by atoms with Crippen LogP contribution in [0.15, 0.2) is 17.2 Å². The average Bonchev–Trinajstić information content (AvgIpc) is 2.55. The third kappa shape index (κ3) is 4.80. The highest BCUT2D eigenvalue weighted by Gasteiger charge is 2.26. The highest BCUT2D eigenvalue weighted by atomic mass is 32.2. The second-order valence-corrected chi connectivity index (χ2v) is 8.31. The van der Waals surface area contributed by atoms with Gasteiger partial charge in [-0.2, -0.15) is 0 Å². The molecule has 1 aromatic heterocycles. The molecule has 136 valence electrons. The van der Waals surface area contributed by atoms with Gasteiger partial charge in [-0.15, -0.1) is 0 Å². The Hall–Kier alpha value is -1.41. The Morgan fingerprint density at radius 1 is 1.33 bits per heavy atom. The van der Waals surface area contributed by atoms with Crippen molar-refractivity contribution in [3.05, 3.63) is 22.7 Å². The smallest absolute Gasteiger partial charge is 0.293 e. The summed E-state index contributed by atoms with van der Waals surface area (Å²) < 4.78 is 28.8. The van der Waals surface area contributed by atoms with Crippen LogP contribution in [0, 0.1) is 5.92 Å². The second kappa shape index (κ2) is 8.11. The number of rotatable bonds is 7. The summed E-state index contributed by atoms with van der Waals surface area (Å²) in [6.45, 7) is 7.74. The quantitative estimate of drug-likeness (QED) is 0.793. The van der Waals surface area contributed by atoms with Crippen LogP contribution < -0.4 is 15.2 Å². The van der Waals surface area contributed by atoms with Gasteiger partial charge in [0.15, 0.2) is 5.82 Å². The number of nitrogens with one attached hydrogen (secondary N) is 1. The van der Waals surface area contributed by atoms with Crippen LogP contribution in [-0.4, -0.2) is 42.9 Å². The molecule has 24 heavy (non-hydrogen) atoms. The molecule has 1 atom stereocenters. The fraction of sp³-hybridized carbons (Fsp3) is 0.750. The number of sulfonamides is 1. The highest BCUT2D eigenvalue weighted by molar-refractivity contribution is 7.89. The molecule has 8 heteroatoms. The molecule has 1 N–H and O–H groups in total. The second-order valence-electron chi connectivity index (χ2n) is 6.52. The topological polar surface area (TPSA) is 84.3 Å². The maximum Gasteiger partial charge on any atom is 0.293 e. The standard InChI is InChI=1S/C16H28N4O3S/c1-4-13(3)12-24(22,23)18-14-6-9-20(10-7-14)15-16(21)19(5-2)11-8-17-15/h8,11,13-14,18H,4-7,9-10,12H2,1-3H3/t13-/m0/s1. The number of hydrogen-bond donors (Lipinski definition) is 1. The van der Waals surface area contributed by atoms with Crippen LogP contribution in [0.3, 0.4) is 0 Å². The minimum absolute atomic E-state index is 0.0626. The number of anilines is 1. The van der Waals surface area contributed by atoms with Crippen LogP contribution in [0.1, 0.15) is 40.0 Å².